The second kappa shape index (κ2) is 7.09. The van der Waals surface area contributed by atoms with Gasteiger partial charge in [0.2, 0.25) is 0 Å². The van der Waals surface area contributed by atoms with Crippen LogP contribution in [0.1, 0.15) is 10.4 Å². The van der Waals surface area contributed by atoms with Crippen LogP contribution in [0.2, 0.25) is 5.02 Å². The lowest BCUT2D eigenvalue weighted by atomic mass is 10.1. The Hall–Kier alpha value is -2.99. The molecule has 132 valence electrons. The molecule has 2 aromatic carbocycles. The molecule has 0 unspecified atom stereocenters. The van der Waals surface area contributed by atoms with Gasteiger partial charge in [-0.25, -0.2) is 4.39 Å². The molecule has 7 heteroatoms. The van der Waals surface area contributed by atoms with Crippen molar-refractivity contribution in [1.82, 2.24) is 9.78 Å². The second-order valence-corrected chi connectivity index (χ2v) is 6.27. The second-order valence-electron chi connectivity index (χ2n) is 5.86. The minimum atomic E-state index is -0.620. The van der Waals surface area contributed by atoms with Crippen molar-refractivity contribution in [2.45, 2.75) is 0 Å². The molecule has 1 heterocycles. The Morgan fingerprint density at radius 3 is 2.54 bits per heavy atom. The maximum Gasteiger partial charge on any atom is 0.282 e. The maximum absolute atomic E-state index is 13.5. The van der Waals surface area contributed by atoms with Crippen LogP contribution in [-0.4, -0.2) is 30.2 Å². The number of anilines is 1. The quantitative estimate of drug-likeness (QED) is 0.658. The molecule has 0 amide bonds. The highest BCUT2D eigenvalue weighted by Gasteiger charge is 2.13. The van der Waals surface area contributed by atoms with Gasteiger partial charge in [0.05, 0.1) is 27.7 Å². The largest absolute Gasteiger partial charge is 0.376 e. The van der Waals surface area contributed by atoms with E-state index in [1.54, 1.807) is 12.1 Å². The fourth-order valence-electron chi connectivity index (χ4n) is 2.55. The van der Waals surface area contributed by atoms with Crippen molar-refractivity contribution in [3.8, 4) is 16.9 Å². The summed E-state index contributed by atoms with van der Waals surface area (Å²) in [4.78, 5) is 25.6. The molecule has 0 saturated carbocycles. The third-order valence-electron chi connectivity index (χ3n) is 3.84. The lowest BCUT2D eigenvalue weighted by Gasteiger charge is -2.15. The molecule has 3 rings (SSSR count). The number of benzene rings is 2. The van der Waals surface area contributed by atoms with Gasteiger partial charge in [-0.15, -0.1) is 0 Å². The van der Waals surface area contributed by atoms with Crippen LogP contribution in [0.3, 0.4) is 0 Å². The number of aromatic nitrogens is 2. The van der Waals surface area contributed by atoms with Crippen LogP contribution < -0.4 is 10.5 Å². The molecule has 0 fully saturated rings. The van der Waals surface area contributed by atoms with Gasteiger partial charge >= 0.3 is 0 Å². The van der Waals surface area contributed by atoms with E-state index in [9.17, 15) is 14.0 Å². The average Bonchev–Trinajstić information content (AvgIpc) is 2.61. The first-order chi connectivity index (χ1) is 12.4. The van der Waals surface area contributed by atoms with Gasteiger partial charge < -0.3 is 4.90 Å². The predicted molar refractivity (Wildman–Crippen MR) is 100.0 cm³/mol. The third-order valence-corrected chi connectivity index (χ3v) is 4.15. The summed E-state index contributed by atoms with van der Waals surface area (Å²) < 4.78 is 14.5. The van der Waals surface area contributed by atoms with Crippen LogP contribution in [0.25, 0.3) is 16.9 Å². The van der Waals surface area contributed by atoms with E-state index >= 15 is 0 Å². The van der Waals surface area contributed by atoms with Crippen molar-refractivity contribution >= 4 is 23.6 Å². The van der Waals surface area contributed by atoms with E-state index in [0.29, 0.717) is 22.6 Å². The summed E-state index contributed by atoms with van der Waals surface area (Å²) in [7, 11) is 3.74. The standard InChI is InChI=1S/C19H15ClFN3O2/c1-23(2)18-7-6-12(8-16(18)20)17-9-13(11-25)19(26)24(22-17)15-5-3-4-14(21)10-15/h3-11H,1-2H3. The maximum atomic E-state index is 13.5. The van der Waals surface area contributed by atoms with Crippen LogP contribution in [0.5, 0.6) is 0 Å². The number of halogens is 2. The van der Waals surface area contributed by atoms with Gasteiger partial charge in [-0.05, 0) is 36.4 Å². The summed E-state index contributed by atoms with van der Waals surface area (Å²) >= 11 is 6.30. The number of nitrogens with zero attached hydrogens (tertiary/aromatic N) is 3. The molecule has 0 N–H and O–H groups in total. The van der Waals surface area contributed by atoms with E-state index in [1.165, 1.54) is 30.3 Å². The SMILES string of the molecule is CN(C)c1ccc(-c2cc(C=O)c(=O)n(-c3cccc(F)c3)n2)cc1Cl. The summed E-state index contributed by atoms with van der Waals surface area (Å²) in [5.74, 6) is -0.507. The zero-order valence-electron chi connectivity index (χ0n) is 14.1. The summed E-state index contributed by atoms with van der Waals surface area (Å²) in [5, 5.41) is 4.79. The first-order valence-electron chi connectivity index (χ1n) is 7.73. The molecular weight excluding hydrogens is 357 g/mol. The minimum Gasteiger partial charge on any atom is -0.376 e. The Morgan fingerprint density at radius 1 is 1.15 bits per heavy atom. The molecule has 0 aliphatic heterocycles. The monoisotopic (exact) mass is 371 g/mol. The summed E-state index contributed by atoms with van der Waals surface area (Å²) in [6, 6.07) is 12.1. The van der Waals surface area contributed by atoms with Gasteiger partial charge in [-0.3, -0.25) is 9.59 Å². The number of hydrogen-bond donors (Lipinski definition) is 0. The van der Waals surface area contributed by atoms with Gasteiger partial charge in [0.25, 0.3) is 5.56 Å². The fraction of sp³-hybridized carbons (Fsp3) is 0.105. The molecule has 3 aromatic rings. The Labute approximate surface area is 154 Å². The van der Waals surface area contributed by atoms with Gasteiger partial charge in [0.1, 0.15) is 5.82 Å². The molecule has 0 saturated heterocycles. The Kier molecular flexibility index (Phi) is 4.86. The van der Waals surface area contributed by atoms with Crippen LogP contribution in [0.15, 0.2) is 53.3 Å². The van der Waals surface area contributed by atoms with Crippen molar-refractivity contribution < 1.29 is 9.18 Å². The van der Waals surface area contributed by atoms with E-state index in [2.05, 4.69) is 5.10 Å². The van der Waals surface area contributed by atoms with E-state index in [4.69, 9.17) is 11.6 Å². The number of hydrogen-bond acceptors (Lipinski definition) is 4. The number of carbonyl (C=O) groups is 1. The average molecular weight is 372 g/mol. The molecule has 0 atom stereocenters. The van der Waals surface area contributed by atoms with Crippen molar-refractivity contribution in [3.05, 3.63) is 75.3 Å². The molecule has 5 nitrogen and oxygen atoms in total. The highest BCUT2D eigenvalue weighted by atomic mass is 35.5. The molecule has 1 aromatic heterocycles. The first-order valence-corrected chi connectivity index (χ1v) is 8.11. The van der Waals surface area contributed by atoms with Crippen molar-refractivity contribution in [1.29, 1.82) is 0 Å². The molecule has 26 heavy (non-hydrogen) atoms. The molecule has 0 aliphatic carbocycles. The van der Waals surface area contributed by atoms with Crippen LogP contribution in [-0.2, 0) is 0 Å². The number of carbonyl (C=O) groups excluding carboxylic acids is 1. The van der Waals surface area contributed by atoms with Crippen LogP contribution >= 0.6 is 11.6 Å². The summed E-state index contributed by atoms with van der Waals surface area (Å²) in [6.07, 6.45) is 0.457. The fourth-order valence-corrected chi connectivity index (χ4v) is 2.90. The summed E-state index contributed by atoms with van der Waals surface area (Å²) in [5.41, 5.74) is 1.37. The van der Waals surface area contributed by atoms with Crippen molar-refractivity contribution in [3.63, 3.8) is 0 Å². The van der Waals surface area contributed by atoms with Gasteiger partial charge in [-0.2, -0.15) is 9.78 Å². The van der Waals surface area contributed by atoms with Crippen molar-refractivity contribution in [2.24, 2.45) is 0 Å². The topological polar surface area (TPSA) is 55.2 Å². The zero-order valence-corrected chi connectivity index (χ0v) is 14.9. The first kappa shape index (κ1) is 17.8. The highest BCUT2D eigenvalue weighted by molar-refractivity contribution is 6.33. The molecule has 0 radical (unpaired) electrons. The molecule has 0 aliphatic rings. The van der Waals surface area contributed by atoms with E-state index in [-0.39, 0.29) is 11.3 Å². The normalized spacial score (nSPS) is 10.6. The van der Waals surface area contributed by atoms with Crippen LogP contribution in [0, 0.1) is 5.82 Å². The lowest BCUT2D eigenvalue weighted by Crippen LogP contribution is -2.25. The molecular formula is C19H15ClFN3O2. The highest BCUT2D eigenvalue weighted by Crippen LogP contribution is 2.29. The number of rotatable bonds is 4. The van der Waals surface area contributed by atoms with Crippen molar-refractivity contribution in [2.75, 3.05) is 19.0 Å². The van der Waals surface area contributed by atoms with Crippen LogP contribution in [0.4, 0.5) is 10.1 Å². The van der Waals surface area contributed by atoms with Gasteiger partial charge in [-0.1, -0.05) is 23.7 Å². The van der Waals surface area contributed by atoms with Gasteiger partial charge in [0, 0.05) is 19.7 Å². The Balaban J connectivity index is 2.20. The Morgan fingerprint density at radius 2 is 1.92 bits per heavy atom. The van der Waals surface area contributed by atoms with E-state index < -0.39 is 11.4 Å². The number of aldehydes is 1. The molecule has 0 bridgehead atoms. The van der Waals surface area contributed by atoms with E-state index in [1.807, 2.05) is 25.1 Å². The predicted octanol–water partition coefficient (Wildman–Crippen LogP) is 3.57. The smallest absolute Gasteiger partial charge is 0.282 e. The third kappa shape index (κ3) is 3.36. The van der Waals surface area contributed by atoms with Gasteiger partial charge in [0.15, 0.2) is 6.29 Å². The van der Waals surface area contributed by atoms with E-state index in [0.717, 1.165) is 10.4 Å². The Bertz CT molecular complexity index is 1050. The lowest BCUT2D eigenvalue weighted by molar-refractivity contribution is 0.112. The summed E-state index contributed by atoms with van der Waals surface area (Å²) in [6.45, 7) is 0. The molecule has 0 spiro atoms. The minimum absolute atomic E-state index is 0.0768. The zero-order chi connectivity index (χ0) is 18.8.